The number of H-pyrrole nitrogens is 1. The van der Waals surface area contributed by atoms with Crippen LogP contribution in [0.5, 0.6) is 0 Å². The van der Waals surface area contributed by atoms with Crippen LogP contribution < -0.4 is 10.6 Å². The molecule has 0 radical (unpaired) electrons. The number of benzene rings is 1. The van der Waals surface area contributed by atoms with E-state index < -0.39 is 0 Å². The SMILES string of the molecule is Cc1[nH]ncc1-c1nc2c3ccccc3nc(N[C@@H]3CCCCNC3=O)n2n1. The Bertz CT molecular complexity index is 1180. The Morgan fingerprint density at radius 2 is 2.11 bits per heavy atom. The third-order valence-electron chi connectivity index (χ3n) is 5.09. The zero-order valence-electron chi connectivity index (χ0n) is 15.4. The van der Waals surface area contributed by atoms with Gasteiger partial charge in [0.25, 0.3) is 0 Å². The fourth-order valence-corrected chi connectivity index (χ4v) is 3.57. The zero-order valence-corrected chi connectivity index (χ0v) is 15.4. The van der Waals surface area contributed by atoms with E-state index in [1.54, 1.807) is 10.7 Å². The molecule has 3 N–H and O–H groups in total. The number of anilines is 1. The predicted molar refractivity (Wildman–Crippen MR) is 105 cm³/mol. The fourth-order valence-electron chi connectivity index (χ4n) is 3.57. The van der Waals surface area contributed by atoms with E-state index in [0.29, 0.717) is 24.0 Å². The van der Waals surface area contributed by atoms with E-state index in [4.69, 9.17) is 9.97 Å². The first-order chi connectivity index (χ1) is 13.7. The quantitative estimate of drug-likeness (QED) is 0.504. The maximum Gasteiger partial charge on any atom is 0.242 e. The van der Waals surface area contributed by atoms with E-state index in [9.17, 15) is 4.79 Å². The van der Waals surface area contributed by atoms with Crippen LogP contribution in [0.1, 0.15) is 25.0 Å². The Morgan fingerprint density at radius 1 is 1.21 bits per heavy atom. The van der Waals surface area contributed by atoms with E-state index >= 15 is 0 Å². The molecule has 1 saturated heterocycles. The number of nitrogens with zero attached hydrogens (tertiary/aromatic N) is 5. The van der Waals surface area contributed by atoms with Crippen molar-refractivity contribution in [1.29, 1.82) is 0 Å². The van der Waals surface area contributed by atoms with Gasteiger partial charge in [-0.1, -0.05) is 12.1 Å². The van der Waals surface area contributed by atoms with Gasteiger partial charge in [0.05, 0.1) is 17.3 Å². The summed E-state index contributed by atoms with van der Waals surface area (Å²) < 4.78 is 1.68. The lowest BCUT2D eigenvalue weighted by atomic mass is 10.1. The molecule has 9 nitrogen and oxygen atoms in total. The van der Waals surface area contributed by atoms with E-state index in [1.807, 2.05) is 31.2 Å². The number of carbonyl (C=O) groups is 1. The molecule has 142 valence electrons. The van der Waals surface area contributed by atoms with Gasteiger partial charge >= 0.3 is 0 Å². The molecule has 0 aliphatic carbocycles. The van der Waals surface area contributed by atoms with Crippen molar-refractivity contribution < 1.29 is 4.79 Å². The minimum Gasteiger partial charge on any atom is -0.354 e. The standard InChI is InChI=1S/C19H20N8O/c1-11-13(10-21-25-11)16-24-17-12-6-2-3-7-14(12)22-19(27(17)26-16)23-15-8-4-5-9-20-18(15)28/h2-3,6-7,10,15H,4-5,8-9H2,1H3,(H,20,28)(H,21,25)(H,22,23)/t15-/m1/s1. The monoisotopic (exact) mass is 376 g/mol. The van der Waals surface area contributed by atoms with Crippen molar-refractivity contribution in [2.45, 2.75) is 32.2 Å². The second kappa shape index (κ2) is 6.59. The number of rotatable bonds is 3. The molecule has 1 aliphatic rings. The molecule has 5 rings (SSSR count). The van der Waals surface area contributed by atoms with Crippen molar-refractivity contribution in [3.05, 3.63) is 36.2 Å². The largest absolute Gasteiger partial charge is 0.354 e. The summed E-state index contributed by atoms with van der Waals surface area (Å²) in [4.78, 5) is 21.9. The van der Waals surface area contributed by atoms with Crippen molar-refractivity contribution in [1.82, 2.24) is 35.1 Å². The van der Waals surface area contributed by atoms with Crippen molar-refractivity contribution in [3.8, 4) is 11.4 Å². The van der Waals surface area contributed by atoms with Crippen LogP contribution in [-0.2, 0) is 4.79 Å². The molecule has 1 aliphatic heterocycles. The van der Waals surface area contributed by atoms with Crippen molar-refractivity contribution >= 4 is 28.4 Å². The highest BCUT2D eigenvalue weighted by molar-refractivity contribution is 5.93. The van der Waals surface area contributed by atoms with Crippen LogP contribution in [0.3, 0.4) is 0 Å². The Morgan fingerprint density at radius 3 is 2.96 bits per heavy atom. The van der Waals surface area contributed by atoms with Crippen molar-refractivity contribution in [2.24, 2.45) is 0 Å². The lowest BCUT2D eigenvalue weighted by molar-refractivity contribution is -0.121. The number of amides is 1. The maximum absolute atomic E-state index is 12.4. The first-order valence-corrected chi connectivity index (χ1v) is 9.41. The predicted octanol–water partition coefficient (Wildman–Crippen LogP) is 2.06. The van der Waals surface area contributed by atoms with Gasteiger partial charge in [-0.05, 0) is 38.3 Å². The number of fused-ring (bicyclic) bond motifs is 3. The third kappa shape index (κ3) is 2.75. The summed E-state index contributed by atoms with van der Waals surface area (Å²) in [7, 11) is 0. The molecule has 3 aromatic heterocycles. The molecule has 4 aromatic rings. The Labute approximate surface area is 160 Å². The number of hydrogen-bond donors (Lipinski definition) is 3. The van der Waals surface area contributed by atoms with E-state index in [1.165, 1.54) is 0 Å². The molecule has 0 saturated carbocycles. The molecule has 1 fully saturated rings. The van der Waals surface area contributed by atoms with Crippen LogP contribution in [0, 0.1) is 6.92 Å². The van der Waals surface area contributed by atoms with Gasteiger partial charge in [0.2, 0.25) is 11.9 Å². The highest BCUT2D eigenvalue weighted by Gasteiger charge is 2.23. The number of nitrogens with one attached hydrogen (secondary N) is 3. The molecule has 1 atom stereocenters. The highest BCUT2D eigenvalue weighted by atomic mass is 16.2. The van der Waals surface area contributed by atoms with Crippen molar-refractivity contribution in [3.63, 3.8) is 0 Å². The summed E-state index contributed by atoms with van der Waals surface area (Å²) in [5, 5.41) is 18.8. The van der Waals surface area contributed by atoms with Crippen LogP contribution in [0.25, 0.3) is 27.9 Å². The lowest BCUT2D eigenvalue weighted by Crippen LogP contribution is -2.38. The van der Waals surface area contributed by atoms with Crippen LogP contribution in [0.15, 0.2) is 30.5 Å². The molecule has 0 bridgehead atoms. The summed E-state index contributed by atoms with van der Waals surface area (Å²) in [6, 6.07) is 7.45. The normalized spacial score (nSPS) is 17.6. The van der Waals surface area contributed by atoms with Gasteiger partial charge in [-0.25, -0.2) is 9.97 Å². The van der Waals surface area contributed by atoms with Gasteiger partial charge in [-0.3, -0.25) is 9.89 Å². The molecule has 0 spiro atoms. The second-order valence-corrected chi connectivity index (χ2v) is 7.02. The van der Waals surface area contributed by atoms with Crippen LogP contribution in [0.4, 0.5) is 5.95 Å². The summed E-state index contributed by atoms with van der Waals surface area (Å²) in [6.07, 6.45) is 4.43. The average molecular weight is 376 g/mol. The van der Waals surface area contributed by atoms with Gasteiger partial charge in [0.1, 0.15) is 6.04 Å². The Hall–Kier alpha value is -3.49. The Kier molecular flexibility index (Phi) is 3.92. The molecule has 9 heteroatoms. The first-order valence-electron chi connectivity index (χ1n) is 9.41. The molecule has 28 heavy (non-hydrogen) atoms. The number of carbonyl (C=O) groups excluding carboxylic acids is 1. The molecule has 0 unspecified atom stereocenters. The van der Waals surface area contributed by atoms with E-state index in [0.717, 1.165) is 41.4 Å². The van der Waals surface area contributed by atoms with Gasteiger partial charge in [0.15, 0.2) is 11.5 Å². The molecule has 4 heterocycles. The zero-order chi connectivity index (χ0) is 19.1. The van der Waals surface area contributed by atoms with Crippen molar-refractivity contribution in [2.75, 3.05) is 11.9 Å². The van der Waals surface area contributed by atoms with Gasteiger partial charge in [-0.15, -0.1) is 5.10 Å². The smallest absolute Gasteiger partial charge is 0.242 e. The number of aryl methyl sites for hydroxylation is 1. The second-order valence-electron chi connectivity index (χ2n) is 7.02. The number of para-hydroxylation sites is 1. The minimum atomic E-state index is -0.345. The van der Waals surface area contributed by atoms with Gasteiger partial charge < -0.3 is 10.6 Å². The maximum atomic E-state index is 12.4. The van der Waals surface area contributed by atoms with E-state index in [2.05, 4.69) is 25.9 Å². The highest BCUT2D eigenvalue weighted by Crippen LogP contribution is 2.25. The molecular formula is C19H20N8O. The van der Waals surface area contributed by atoms with Crippen LogP contribution >= 0.6 is 0 Å². The first kappa shape index (κ1) is 16.7. The summed E-state index contributed by atoms with van der Waals surface area (Å²) in [5.74, 6) is 1.07. The number of aromatic amines is 1. The lowest BCUT2D eigenvalue weighted by Gasteiger charge is -2.16. The summed E-state index contributed by atoms with van der Waals surface area (Å²) >= 11 is 0. The molecule has 1 aromatic carbocycles. The van der Waals surface area contributed by atoms with E-state index in [-0.39, 0.29) is 11.9 Å². The van der Waals surface area contributed by atoms with Gasteiger partial charge in [-0.2, -0.15) is 9.61 Å². The molecule has 1 amide bonds. The fraction of sp³-hybridized carbons (Fsp3) is 0.316. The van der Waals surface area contributed by atoms with Crippen LogP contribution in [0.2, 0.25) is 0 Å². The molecular weight excluding hydrogens is 356 g/mol. The van der Waals surface area contributed by atoms with Crippen LogP contribution in [-0.4, -0.2) is 48.3 Å². The Balaban J connectivity index is 1.67. The summed E-state index contributed by atoms with van der Waals surface area (Å²) in [6.45, 7) is 2.64. The van der Waals surface area contributed by atoms with Gasteiger partial charge in [0, 0.05) is 17.6 Å². The average Bonchev–Trinajstić information content (AvgIpc) is 3.27. The summed E-state index contributed by atoms with van der Waals surface area (Å²) in [5.41, 5.74) is 3.23. The topological polar surface area (TPSA) is 113 Å². The minimum absolute atomic E-state index is 0.00775. The number of hydrogen-bond acceptors (Lipinski definition) is 6. The number of aromatic nitrogens is 6. The third-order valence-corrected chi connectivity index (χ3v) is 5.09.